The fourth-order valence-electron chi connectivity index (χ4n) is 5.58. The first kappa shape index (κ1) is 29.9. The monoisotopic (exact) mass is 596 g/mol. The molecule has 0 unspecified atom stereocenters. The highest BCUT2D eigenvalue weighted by molar-refractivity contribution is 6.31. The Bertz CT molecular complexity index is 1370. The minimum Gasteiger partial charge on any atom is -0.425 e. The molecule has 2 aliphatic rings. The quantitative estimate of drug-likeness (QED) is 0.317. The van der Waals surface area contributed by atoms with Crippen LogP contribution in [0.3, 0.4) is 0 Å². The van der Waals surface area contributed by atoms with Crippen molar-refractivity contribution in [2.75, 3.05) is 45.9 Å². The lowest BCUT2D eigenvalue weighted by Crippen LogP contribution is -2.61. The average molecular weight is 597 g/mol. The zero-order valence-electron chi connectivity index (χ0n) is 23.6. The number of benzene rings is 2. The number of hydrogen-bond donors (Lipinski definition) is 2. The van der Waals surface area contributed by atoms with E-state index in [0.29, 0.717) is 41.8 Å². The second kappa shape index (κ2) is 14.0. The normalized spacial score (nSPS) is 16.7. The van der Waals surface area contributed by atoms with Gasteiger partial charge in [0.1, 0.15) is 11.1 Å². The summed E-state index contributed by atoms with van der Waals surface area (Å²) in [6.45, 7) is 4.65. The summed E-state index contributed by atoms with van der Waals surface area (Å²) in [5.41, 5.74) is 0.272. The van der Waals surface area contributed by atoms with Crippen LogP contribution >= 0.6 is 11.6 Å². The van der Waals surface area contributed by atoms with Crippen LogP contribution in [0.5, 0.6) is 5.95 Å². The van der Waals surface area contributed by atoms with Crippen LogP contribution in [0, 0.1) is 0 Å². The third-order valence-corrected chi connectivity index (χ3v) is 8.08. The van der Waals surface area contributed by atoms with Gasteiger partial charge in [0.25, 0.3) is 11.9 Å². The van der Waals surface area contributed by atoms with Gasteiger partial charge in [0.2, 0.25) is 0 Å². The number of halogens is 1. The van der Waals surface area contributed by atoms with Gasteiger partial charge in [0.05, 0.1) is 13.2 Å². The maximum Gasteiger partial charge on any atom is 0.415 e. The first-order chi connectivity index (χ1) is 20.4. The molecule has 1 saturated heterocycles. The number of urea groups is 1. The number of hydrogen-bond acceptors (Lipinski definition) is 7. The molecular weight excluding hydrogens is 560 g/mol. The van der Waals surface area contributed by atoms with Crippen LogP contribution in [0.1, 0.15) is 37.7 Å². The van der Waals surface area contributed by atoms with E-state index < -0.39 is 23.6 Å². The van der Waals surface area contributed by atoms with E-state index in [4.69, 9.17) is 25.5 Å². The smallest absolute Gasteiger partial charge is 0.415 e. The summed E-state index contributed by atoms with van der Waals surface area (Å²) in [7, 11) is 0. The Morgan fingerprint density at radius 2 is 1.79 bits per heavy atom. The lowest BCUT2D eigenvalue weighted by molar-refractivity contribution is -0.135. The summed E-state index contributed by atoms with van der Waals surface area (Å²) >= 11 is 6.05. The molecule has 1 aliphatic carbocycles. The van der Waals surface area contributed by atoms with Crippen LogP contribution in [-0.2, 0) is 16.0 Å². The van der Waals surface area contributed by atoms with Crippen molar-refractivity contribution in [2.45, 2.75) is 44.1 Å². The van der Waals surface area contributed by atoms with Gasteiger partial charge >= 0.3 is 12.1 Å². The van der Waals surface area contributed by atoms with Gasteiger partial charge in [-0.25, -0.2) is 9.59 Å². The van der Waals surface area contributed by atoms with E-state index >= 15 is 0 Å². The van der Waals surface area contributed by atoms with Crippen molar-refractivity contribution < 1.29 is 28.3 Å². The number of fused-ring (bicyclic) bond motifs is 1. The molecule has 0 bridgehead atoms. The highest BCUT2D eigenvalue weighted by atomic mass is 35.5. The molecule has 11 heteroatoms. The number of imide groups is 1. The number of morpholine rings is 1. The first-order valence-corrected chi connectivity index (χ1v) is 14.9. The van der Waals surface area contributed by atoms with Gasteiger partial charge < -0.3 is 24.5 Å². The zero-order valence-corrected chi connectivity index (χ0v) is 24.4. The van der Waals surface area contributed by atoms with E-state index in [2.05, 4.69) is 15.5 Å². The molecule has 5 rings (SSSR count). The van der Waals surface area contributed by atoms with Crippen LogP contribution in [0.15, 0.2) is 59.0 Å². The average Bonchev–Trinajstić information content (AvgIpc) is 3.63. The van der Waals surface area contributed by atoms with E-state index in [1.165, 1.54) is 4.90 Å². The highest BCUT2D eigenvalue weighted by Crippen LogP contribution is 2.33. The molecule has 0 radical (unpaired) electrons. The van der Waals surface area contributed by atoms with Crippen LogP contribution in [0.2, 0.25) is 5.02 Å². The molecule has 0 atom stereocenters. The molecule has 2 fully saturated rings. The number of nitrogens with zero attached hydrogens (tertiary/aromatic N) is 2. The van der Waals surface area contributed by atoms with Crippen molar-refractivity contribution in [3.05, 3.63) is 65.2 Å². The summed E-state index contributed by atoms with van der Waals surface area (Å²) in [6, 6.07) is 15.9. The largest absolute Gasteiger partial charge is 0.425 e. The van der Waals surface area contributed by atoms with Gasteiger partial charge in [0.15, 0.2) is 0 Å². The summed E-state index contributed by atoms with van der Waals surface area (Å²) in [6.07, 6.45) is 2.72. The Hall–Kier alpha value is -3.60. The molecule has 4 amide bonds. The van der Waals surface area contributed by atoms with Gasteiger partial charge in [-0.2, -0.15) is 0 Å². The number of rotatable bonds is 10. The molecule has 3 aromatic rings. The van der Waals surface area contributed by atoms with Crippen molar-refractivity contribution in [3.8, 4) is 5.95 Å². The second-order valence-corrected chi connectivity index (χ2v) is 11.2. The Kier molecular flexibility index (Phi) is 9.99. The third-order valence-electron chi connectivity index (χ3n) is 7.85. The molecule has 1 saturated carbocycles. The van der Waals surface area contributed by atoms with Gasteiger partial charge in [-0.3, -0.25) is 14.6 Å². The molecule has 42 heavy (non-hydrogen) atoms. The first-order valence-electron chi connectivity index (χ1n) is 14.5. The highest BCUT2D eigenvalue weighted by Gasteiger charge is 2.47. The fourth-order valence-corrected chi connectivity index (χ4v) is 5.76. The molecule has 2 aromatic carbocycles. The molecule has 0 spiro atoms. The minimum atomic E-state index is -1.26. The number of amides is 4. The Balaban J connectivity index is 1.26. The van der Waals surface area contributed by atoms with Crippen LogP contribution in [-0.4, -0.2) is 79.3 Å². The second-order valence-electron chi connectivity index (χ2n) is 10.8. The molecule has 10 nitrogen and oxygen atoms in total. The lowest BCUT2D eigenvalue weighted by atomic mass is 9.95. The van der Waals surface area contributed by atoms with Crippen LogP contribution in [0.4, 0.5) is 9.59 Å². The molecular formula is C31H37ClN4O6. The van der Waals surface area contributed by atoms with Crippen molar-refractivity contribution >= 4 is 40.6 Å². The molecule has 2 N–H and O–H groups in total. The van der Waals surface area contributed by atoms with E-state index in [1.807, 2.05) is 30.3 Å². The third kappa shape index (κ3) is 7.61. The Morgan fingerprint density at radius 1 is 1.02 bits per heavy atom. The summed E-state index contributed by atoms with van der Waals surface area (Å²) in [5.74, 6) is -0.445. The Morgan fingerprint density at radius 3 is 2.55 bits per heavy atom. The summed E-state index contributed by atoms with van der Waals surface area (Å²) in [5, 5.41) is 6.96. The van der Waals surface area contributed by atoms with E-state index in [0.717, 1.165) is 57.7 Å². The predicted molar refractivity (Wildman–Crippen MR) is 159 cm³/mol. The van der Waals surface area contributed by atoms with Crippen molar-refractivity contribution in [1.29, 1.82) is 0 Å². The van der Waals surface area contributed by atoms with Crippen molar-refractivity contribution in [1.82, 2.24) is 20.4 Å². The molecule has 2 heterocycles. The standard InChI is InChI=1S/C31H37ClN4O6/c32-25-9-10-26-24(21-25)22-27(41-26)42-30(39)34-31(12-4-5-13-31)28(37)36(16-11-23-7-2-1-3-8-23)29(38)33-14-6-15-35-17-19-40-20-18-35/h1-3,7-10,21-22H,4-6,11-20H2,(H,33,38)(H,34,39). The maximum atomic E-state index is 14.1. The van der Waals surface area contributed by atoms with Gasteiger partial charge in [0, 0.05) is 42.7 Å². The zero-order chi connectivity index (χ0) is 29.4. The predicted octanol–water partition coefficient (Wildman–Crippen LogP) is 4.99. The van der Waals surface area contributed by atoms with E-state index in [-0.39, 0.29) is 12.5 Å². The number of carbonyl (C=O) groups excluding carboxylic acids is 3. The van der Waals surface area contributed by atoms with E-state index in [9.17, 15) is 14.4 Å². The molecule has 224 valence electrons. The number of nitrogens with one attached hydrogen (secondary N) is 2. The summed E-state index contributed by atoms with van der Waals surface area (Å²) in [4.78, 5) is 44.2. The summed E-state index contributed by atoms with van der Waals surface area (Å²) < 4.78 is 16.4. The molecule has 1 aromatic heterocycles. The van der Waals surface area contributed by atoms with Gasteiger partial charge in [-0.15, -0.1) is 0 Å². The maximum absolute atomic E-state index is 14.1. The topological polar surface area (TPSA) is 113 Å². The lowest BCUT2D eigenvalue weighted by Gasteiger charge is -2.33. The SMILES string of the molecule is O=C(NC1(C(=O)N(CCc2ccccc2)C(=O)NCCCN2CCOCC2)CCCC1)Oc1cc2cc(Cl)ccc2o1. The van der Waals surface area contributed by atoms with Crippen LogP contribution in [0.25, 0.3) is 11.0 Å². The minimum absolute atomic E-state index is 0.00990. The molecule has 1 aliphatic heterocycles. The van der Waals surface area contributed by atoms with Crippen molar-refractivity contribution in [2.24, 2.45) is 0 Å². The number of furan rings is 1. The number of carbonyl (C=O) groups is 3. The number of ether oxygens (including phenoxy) is 2. The van der Waals surface area contributed by atoms with Gasteiger partial charge in [-0.05, 0) is 56.0 Å². The fraction of sp³-hybridized carbons (Fsp3) is 0.452. The van der Waals surface area contributed by atoms with E-state index in [1.54, 1.807) is 24.3 Å². The van der Waals surface area contributed by atoms with Gasteiger partial charge in [-0.1, -0.05) is 54.8 Å². The van der Waals surface area contributed by atoms with Crippen molar-refractivity contribution in [3.63, 3.8) is 0 Å². The van der Waals surface area contributed by atoms with Crippen LogP contribution < -0.4 is 15.4 Å². The Labute approximate surface area is 250 Å².